The summed E-state index contributed by atoms with van der Waals surface area (Å²) in [6, 6.07) is 5.08. The fraction of sp³-hybridized carbons (Fsp3) is 0.250. The van der Waals surface area contributed by atoms with Crippen molar-refractivity contribution in [2.45, 2.75) is 19.4 Å². The average Bonchev–Trinajstić information content (AvgIpc) is 2.56. The third-order valence-electron chi connectivity index (χ3n) is 2.80. The first kappa shape index (κ1) is 11.3. The van der Waals surface area contributed by atoms with Gasteiger partial charge in [0.05, 0.1) is 23.1 Å². The summed E-state index contributed by atoms with van der Waals surface area (Å²) in [7, 11) is 0. The van der Waals surface area contributed by atoms with Gasteiger partial charge in [-0.25, -0.2) is 0 Å². The summed E-state index contributed by atoms with van der Waals surface area (Å²) >= 11 is 0. The lowest BCUT2D eigenvalue weighted by Gasteiger charge is -2.25. The van der Waals surface area contributed by atoms with Crippen molar-refractivity contribution in [3.8, 4) is 0 Å². The smallest absolute Gasteiger partial charge is 0.262 e. The van der Waals surface area contributed by atoms with Crippen LogP contribution >= 0.6 is 0 Å². The molecule has 0 saturated carbocycles. The van der Waals surface area contributed by atoms with E-state index >= 15 is 0 Å². The standard InChI is InChI=1S/C12H11NO4/c1-2-9(12(16)17)13-10(14)7-5-3-4-6-8(7)11(13)15/h3-6,9H,2H2,1H3,(H,16,17)/p-1/t9-/m0/s1. The molecule has 0 N–H and O–H groups in total. The molecule has 2 amide bonds. The molecule has 1 aliphatic heterocycles. The van der Waals surface area contributed by atoms with E-state index in [4.69, 9.17) is 0 Å². The van der Waals surface area contributed by atoms with Gasteiger partial charge in [0.15, 0.2) is 0 Å². The lowest BCUT2D eigenvalue weighted by atomic mass is 10.1. The highest BCUT2D eigenvalue weighted by molar-refractivity contribution is 6.22. The molecule has 17 heavy (non-hydrogen) atoms. The highest BCUT2D eigenvalue weighted by atomic mass is 16.4. The first-order valence-electron chi connectivity index (χ1n) is 5.25. The Balaban J connectivity index is 2.46. The van der Waals surface area contributed by atoms with Gasteiger partial charge in [-0.15, -0.1) is 0 Å². The molecule has 0 saturated heterocycles. The molecule has 0 fully saturated rings. The summed E-state index contributed by atoms with van der Waals surface area (Å²) in [5.41, 5.74) is 0.495. The van der Waals surface area contributed by atoms with Crippen LogP contribution in [0.5, 0.6) is 0 Å². The molecule has 0 radical (unpaired) electrons. The van der Waals surface area contributed by atoms with Crippen molar-refractivity contribution in [2.24, 2.45) is 0 Å². The molecule has 5 nitrogen and oxygen atoms in total. The van der Waals surface area contributed by atoms with Crippen molar-refractivity contribution in [3.63, 3.8) is 0 Å². The van der Waals surface area contributed by atoms with E-state index in [9.17, 15) is 19.5 Å². The third kappa shape index (κ3) is 1.60. The SMILES string of the molecule is CC[C@@H](C(=O)[O-])N1C(=O)c2ccccc2C1=O. The van der Waals surface area contributed by atoms with Gasteiger partial charge in [0.2, 0.25) is 0 Å². The third-order valence-corrected chi connectivity index (χ3v) is 2.80. The maximum atomic E-state index is 11.9. The molecular weight excluding hydrogens is 222 g/mol. The summed E-state index contributed by atoms with van der Waals surface area (Å²) < 4.78 is 0. The topological polar surface area (TPSA) is 77.5 Å². The van der Waals surface area contributed by atoms with Crippen LogP contribution in [0.25, 0.3) is 0 Å². The monoisotopic (exact) mass is 232 g/mol. The maximum absolute atomic E-state index is 11.9. The quantitative estimate of drug-likeness (QED) is 0.677. The minimum absolute atomic E-state index is 0.133. The number of fused-ring (bicyclic) bond motifs is 1. The molecule has 1 aromatic carbocycles. The second-order valence-electron chi connectivity index (χ2n) is 3.77. The molecule has 0 bridgehead atoms. The molecule has 1 atom stereocenters. The van der Waals surface area contributed by atoms with Gasteiger partial charge < -0.3 is 9.90 Å². The predicted octanol–water partition coefficient (Wildman–Crippen LogP) is -0.189. The summed E-state index contributed by atoms with van der Waals surface area (Å²) in [6.45, 7) is 1.59. The van der Waals surface area contributed by atoms with Crippen molar-refractivity contribution in [1.29, 1.82) is 0 Å². The van der Waals surface area contributed by atoms with E-state index < -0.39 is 23.8 Å². The number of imide groups is 1. The van der Waals surface area contributed by atoms with E-state index in [1.165, 1.54) is 12.1 Å². The van der Waals surface area contributed by atoms with Gasteiger partial charge in [0.1, 0.15) is 0 Å². The zero-order chi connectivity index (χ0) is 12.6. The summed E-state index contributed by atoms with van der Waals surface area (Å²) in [5.74, 6) is -2.55. The number of hydrogen-bond donors (Lipinski definition) is 0. The molecular formula is C12H10NO4-. The minimum Gasteiger partial charge on any atom is -0.548 e. The Bertz CT molecular complexity index is 474. The van der Waals surface area contributed by atoms with Gasteiger partial charge in [0, 0.05) is 0 Å². The maximum Gasteiger partial charge on any atom is 0.262 e. The van der Waals surface area contributed by atoms with E-state index in [0.717, 1.165) is 4.90 Å². The Morgan fingerprint density at radius 1 is 1.24 bits per heavy atom. The zero-order valence-corrected chi connectivity index (χ0v) is 9.17. The number of carboxylic acids is 1. The summed E-state index contributed by atoms with van der Waals surface area (Å²) in [6.07, 6.45) is 0.133. The molecule has 0 aromatic heterocycles. The predicted molar refractivity (Wildman–Crippen MR) is 56.0 cm³/mol. The lowest BCUT2D eigenvalue weighted by molar-refractivity contribution is -0.310. The number of carbonyl (C=O) groups is 3. The summed E-state index contributed by atoms with van der Waals surface area (Å²) in [5, 5.41) is 10.9. The van der Waals surface area contributed by atoms with Gasteiger partial charge in [-0.1, -0.05) is 19.1 Å². The van der Waals surface area contributed by atoms with Crippen LogP contribution in [-0.4, -0.2) is 28.7 Å². The van der Waals surface area contributed by atoms with Gasteiger partial charge in [-0.3, -0.25) is 14.5 Å². The van der Waals surface area contributed by atoms with Crippen LogP contribution in [0.1, 0.15) is 34.1 Å². The van der Waals surface area contributed by atoms with E-state index in [1.807, 2.05) is 0 Å². The molecule has 1 aromatic rings. The van der Waals surface area contributed by atoms with Crippen molar-refractivity contribution >= 4 is 17.8 Å². The number of aliphatic carboxylic acids is 1. The van der Waals surface area contributed by atoms with Crippen molar-refractivity contribution < 1.29 is 19.5 Å². The normalized spacial score (nSPS) is 15.9. The Morgan fingerprint density at radius 3 is 2.06 bits per heavy atom. The second kappa shape index (κ2) is 4.01. The molecule has 0 unspecified atom stereocenters. The first-order chi connectivity index (χ1) is 8.07. The fourth-order valence-electron chi connectivity index (χ4n) is 1.95. The molecule has 1 heterocycles. The highest BCUT2D eigenvalue weighted by Gasteiger charge is 2.39. The Morgan fingerprint density at radius 2 is 1.71 bits per heavy atom. The Labute approximate surface area is 97.7 Å². The number of rotatable bonds is 3. The molecule has 0 spiro atoms. The average molecular weight is 232 g/mol. The largest absolute Gasteiger partial charge is 0.548 e. The van der Waals surface area contributed by atoms with Gasteiger partial charge >= 0.3 is 0 Å². The zero-order valence-electron chi connectivity index (χ0n) is 9.17. The highest BCUT2D eigenvalue weighted by Crippen LogP contribution is 2.25. The van der Waals surface area contributed by atoms with E-state index in [1.54, 1.807) is 19.1 Å². The van der Waals surface area contributed by atoms with Crippen LogP contribution in [0.3, 0.4) is 0 Å². The van der Waals surface area contributed by atoms with Crippen LogP contribution in [-0.2, 0) is 4.79 Å². The molecule has 0 aliphatic carbocycles. The lowest BCUT2D eigenvalue weighted by Crippen LogP contribution is -2.50. The van der Waals surface area contributed by atoms with Crippen molar-refractivity contribution in [1.82, 2.24) is 4.90 Å². The van der Waals surface area contributed by atoms with Crippen LogP contribution < -0.4 is 5.11 Å². The van der Waals surface area contributed by atoms with Crippen LogP contribution in [0.2, 0.25) is 0 Å². The number of hydrogen-bond acceptors (Lipinski definition) is 4. The summed E-state index contributed by atoms with van der Waals surface area (Å²) in [4.78, 5) is 35.5. The number of carbonyl (C=O) groups excluding carboxylic acids is 3. The fourth-order valence-corrected chi connectivity index (χ4v) is 1.95. The Kier molecular flexibility index (Phi) is 2.67. The molecule has 2 rings (SSSR count). The van der Waals surface area contributed by atoms with E-state index in [2.05, 4.69) is 0 Å². The number of benzene rings is 1. The van der Waals surface area contributed by atoms with Crippen LogP contribution in [0.15, 0.2) is 24.3 Å². The van der Waals surface area contributed by atoms with Gasteiger partial charge in [0.25, 0.3) is 11.8 Å². The van der Waals surface area contributed by atoms with Crippen molar-refractivity contribution in [2.75, 3.05) is 0 Å². The van der Waals surface area contributed by atoms with E-state index in [0.29, 0.717) is 0 Å². The number of nitrogens with zero attached hydrogens (tertiary/aromatic N) is 1. The Hall–Kier alpha value is -2.17. The minimum atomic E-state index is -1.41. The van der Waals surface area contributed by atoms with E-state index in [-0.39, 0.29) is 17.5 Å². The van der Waals surface area contributed by atoms with Crippen LogP contribution in [0.4, 0.5) is 0 Å². The van der Waals surface area contributed by atoms with Crippen molar-refractivity contribution in [3.05, 3.63) is 35.4 Å². The van der Waals surface area contributed by atoms with Crippen LogP contribution in [0, 0.1) is 0 Å². The second-order valence-corrected chi connectivity index (χ2v) is 3.77. The first-order valence-corrected chi connectivity index (χ1v) is 5.25. The van der Waals surface area contributed by atoms with Gasteiger partial charge in [-0.05, 0) is 18.6 Å². The molecule has 1 aliphatic rings. The van der Waals surface area contributed by atoms with Gasteiger partial charge in [-0.2, -0.15) is 0 Å². The number of carboxylic acid groups (broad SMARTS) is 1. The number of amides is 2. The molecule has 88 valence electrons. The molecule has 5 heteroatoms.